The van der Waals surface area contributed by atoms with E-state index in [1.807, 2.05) is 26.2 Å². The molecule has 1 aromatic heterocycles. The SMILES string of the molecule is CCc1cc(O)ccc1C1CCC2C(c3ncc(C4=C[C@H](CO)N(C)C4)[nH]3)NNC2C1F. The second-order valence-corrected chi connectivity index (χ2v) is 9.36. The Hall–Kier alpha value is -2.26. The quantitative estimate of drug-likeness (QED) is 0.489. The van der Waals surface area contributed by atoms with Crippen molar-refractivity contribution < 1.29 is 14.6 Å². The average molecular weight is 442 g/mol. The zero-order chi connectivity index (χ0) is 22.4. The molecule has 5 unspecified atom stereocenters. The number of hydrazine groups is 1. The Labute approximate surface area is 187 Å². The maximum Gasteiger partial charge on any atom is 0.125 e. The van der Waals surface area contributed by atoms with Crippen LogP contribution >= 0.6 is 0 Å². The summed E-state index contributed by atoms with van der Waals surface area (Å²) in [5.74, 6) is 0.980. The summed E-state index contributed by atoms with van der Waals surface area (Å²) in [5, 5.41) is 19.3. The standard InChI is InChI=1S/C24H32FN5O2/c1-3-13-9-16(32)4-5-17(13)18-6-7-19-22(21(18)25)28-29-23(19)24-26-10-20(27-24)14-8-15(12-31)30(2)11-14/h4-5,8-10,15,18-19,21-23,28-29,31-32H,3,6-7,11-12H2,1-2H3,(H,26,27)/t15-,18?,19?,21?,22?,23?/m1/s1. The second-order valence-electron chi connectivity index (χ2n) is 9.36. The maximum absolute atomic E-state index is 15.7. The lowest BCUT2D eigenvalue weighted by atomic mass is 9.71. The molecule has 6 atom stereocenters. The van der Waals surface area contributed by atoms with Gasteiger partial charge in [-0.15, -0.1) is 0 Å². The van der Waals surface area contributed by atoms with E-state index in [0.717, 1.165) is 54.0 Å². The predicted octanol–water partition coefficient (Wildman–Crippen LogP) is 2.42. The molecule has 7 nitrogen and oxygen atoms in total. The molecule has 1 saturated heterocycles. The van der Waals surface area contributed by atoms with Crippen LogP contribution in [0.3, 0.4) is 0 Å². The number of alkyl halides is 1. The number of phenols is 1. The van der Waals surface area contributed by atoms with Crippen LogP contribution in [0.15, 0.2) is 30.5 Å². The van der Waals surface area contributed by atoms with Crippen LogP contribution in [0.5, 0.6) is 5.75 Å². The number of hydrogen-bond donors (Lipinski definition) is 5. The van der Waals surface area contributed by atoms with E-state index in [4.69, 9.17) is 0 Å². The van der Waals surface area contributed by atoms with Gasteiger partial charge in [0.25, 0.3) is 0 Å². The Morgan fingerprint density at radius 3 is 2.84 bits per heavy atom. The minimum atomic E-state index is -1.02. The van der Waals surface area contributed by atoms with E-state index >= 15 is 4.39 Å². The van der Waals surface area contributed by atoms with Gasteiger partial charge >= 0.3 is 0 Å². The van der Waals surface area contributed by atoms with E-state index in [-0.39, 0.29) is 42.3 Å². The second kappa shape index (κ2) is 8.59. The monoisotopic (exact) mass is 441 g/mol. The first-order valence-corrected chi connectivity index (χ1v) is 11.5. The third kappa shape index (κ3) is 3.65. The zero-order valence-corrected chi connectivity index (χ0v) is 18.6. The Bertz CT molecular complexity index is 1010. The Kier molecular flexibility index (Phi) is 5.79. The van der Waals surface area contributed by atoms with Crippen LogP contribution in [0.2, 0.25) is 0 Å². The van der Waals surface area contributed by atoms with Crippen LogP contribution in [0, 0.1) is 5.92 Å². The highest BCUT2D eigenvalue weighted by Gasteiger charge is 2.48. The van der Waals surface area contributed by atoms with Crippen molar-refractivity contribution in [2.45, 2.75) is 56.4 Å². The summed E-state index contributed by atoms with van der Waals surface area (Å²) in [6, 6.07) is 4.97. The number of hydrogen-bond acceptors (Lipinski definition) is 6. The fourth-order valence-corrected chi connectivity index (χ4v) is 5.73. The summed E-state index contributed by atoms with van der Waals surface area (Å²) in [6.45, 7) is 2.89. The largest absolute Gasteiger partial charge is 0.508 e. The van der Waals surface area contributed by atoms with Crippen LogP contribution in [0.4, 0.5) is 4.39 Å². The summed E-state index contributed by atoms with van der Waals surface area (Å²) in [4.78, 5) is 10.2. The number of imidazole rings is 1. The van der Waals surface area contributed by atoms with Crippen molar-refractivity contribution in [2.75, 3.05) is 20.2 Å². The van der Waals surface area contributed by atoms with Gasteiger partial charge in [-0.25, -0.2) is 14.8 Å². The molecular weight excluding hydrogens is 409 g/mol. The minimum Gasteiger partial charge on any atom is -0.508 e. The summed E-state index contributed by atoms with van der Waals surface area (Å²) in [7, 11) is 1.99. The number of aliphatic hydroxyl groups is 1. The molecule has 3 heterocycles. The van der Waals surface area contributed by atoms with Crippen LogP contribution < -0.4 is 10.9 Å². The Morgan fingerprint density at radius 1 is 1.25 bits per heavy atom. The number of benzene rings is 1. The summed E-state index contributed by atoms with van der Waals surface area (Å²) >= 11 is 0. The van der Waals surface area contributed by atoms with Gasteiger partial charge in [0.15, 0.2) is 0 Å². The molecule has 2 aromatic rings. The Balaban J connectivity index is 1.33. The van der Waals surface area contributed by atoms with Gasteiger partial charge in [0.2, 0.25) is 0 Å². The number of aromatic hydroxyl groups is 1. The highest BCUT2D eigenvalue weighted by Crippen LogP contribution is 2.45. The molecule has 1 saturated carbocycles. The van der Waals surface area contributed by atoms with E-state index in [1.165, 1.54) is 0 Å². The molecule has 0 amide bonds. The minimum absolute atomic E-state index is 0.0305. The van der Waals surface area contributed by atoms with Crippen LogP contribution in [0.25, 0.3) is 5.57 Å². The van der Waals surface area contributed by atoms with Crippen molar-refractivity contribution in [1.29, 1.82) is 0 Å². The number of fused-ring (bicyclic) bond motifs is 1. The van der Waals surface area contributed by atoms with Crippen molar-refractivity contribution >= 4 is 5.57 Å². The van der Waals surface area contributed by atoms with Gasteiger partial charge in [-0.1, -0.05) is 19.1 Å². The van der Waals surface area contributed by atoms with Gasteiger partial charge in [-0.2, -0.15) is 0 Å². The molecule has 5 N–H and O–H groups in total. The molecule has 5 rings (SSSR count). The van der Waals surface area contributed by atoms with Gasteiger partial charge in [-0.05, 0) is 55.1 Å². The highest BCUT2D eigenvalue weighted by atomic mass is 19.1. The van der Waals surface area contributed by atoms with Gasteiger partial charge in [0, 0.05) is 18.4 Å². The number of nitrogens with one attached hydrogen (secondary N) is 3. The first-order valence-electron chi connectivity index (χ1n) is 11.5. The van der Waals surface area contributed by atoms with Crippen molar-refractivity contribution in [1.82, 2.24) is 25.7 Å². The number of aliphatic hydroxyl groups excluding tert-OH is 1. The number of nitrogens with zero attached hydrogens (tertiary/aromatic N) is 2. The molecular formula is C24H32FN5O2. The lowest BCUT2D eigenvalue weighted by Crippen LogP contribution is -2.45. The first-order chi connectivity index (χ1) is 15.5. The van der Waals surface area contributed by atoms with E-state index in [9.17, 15) is 10.2 Å². The summed E-state index contributed by atoms with van der Waals surface area (Å²) < 4.78 is 15.7. The van der Waals surface area contributed by atoms with Crippen molar-refractivity contribution in [3.8, 4) is 5.75 Å². The average Bonchev–Trinajstić information content (AvgIpc) is 3.52. The first kappa shape index (κ1) is 21.6. The van der Waals surface area contributed by atoms with Crippen molar-refractivity contribution in [2.24, 2.45) is 5.92 Å². The van der Waals surface area contributed by atoms with Gasteiger partial charge in [0.05, 0.1) is 36.6 Å². The lowest BCUT2D eigenvalue weighted by Gasteiger charge is -2.36. The molecule has 0 radical (unpaired) electrons. The number of aryl methyl sites for hydroxylation is 1. The third-order valence-corrected chi connectivity index (χ3v) is 7.54. The van der Waals surface area contributed by atoms with Gasteiger partial charge in [-0.3, -0.25) is 10.3 Å². The number of halogens is 1. The van der Waals surface area contributed by atoms with Gasteiger partial charge in [0.1, 0.15) is 17.7 Å². The van der Waals surface area contributed by atoms with E-state index in [2.05, 4.69) is 31.8 Å². The molecule has 32 heavy (non-hydrogen) atoms. The van der Waals surface area contributed by atoms with Crippen molar-refractivity contribution in [3.05, 3.63) is 53.1 Å². The number of aromatic nitrogens is 2. The predicted molar refractivity (Wildman–Crippen MR) is 121 cm³/mol. The normalized spacial score (nSPS) is 32.8. The zero-order valence-electron chi connectivity index (χ0n) is 18.6. The van der Waals surface area contributed by atoms with Crippen molar-refractivity contribution in [3.63, 3.8) is 0 Å². The highest BCUT2D eigenvalue weighted by molar-refractivity contribution is 5.66. The molecule has 1 aromatic carbocycles. The fraction of sp³-hybridized carbons (Fsp3) is 0.542. The molecule has 3 aliphatic rings. The molecule has 1 aliphatic carbocycles. The number of H-pyrrole nitrogens is 1. The summed E-state index contributed by atoms with van der Waals surface area (Å²) in [6.07, 6.45) is 5.32. The topological polar surface area (TPSA) is 96.4 Å². The molecule has 8 heteroatoms. The number of aromatic amines is 1. The molecule has 2 aliphatic heterocycles. The molecule has 0 bridgehead atoms. The Morgan fingerprint density at radius 2 is 2.09 bits per heavy atom. The van der Waals surface area contributed by atoms with E-state index in [1.54, 1.807) is 12.1 Å². The van der Waals surface area contributed by atoms with Crippen LogP contribution in [-0.4, -0.2) is 63.5 Å². The van der Waals surface area contributed by atoms with E-state index < -0.39 is 6.17 Å². The van der Waals surface area contributed by atoms with Crippen LogP contribution in [-0.2, 0) is 6.42 Å². The molecule has 0 spiro atoms. The lowest BCUT2D eigenvalue weighted by molar-refractivity contribution is 0.135. The van der Waals surface area contributed by atoms with Crippen LogP contribution in [0.1, 0.15) is 54.4 Å². The van der Waals surface area contributed by atoms with E-state index in [0.29, 0.717) is 0 Å². The smallest absolute Gasteiger partial charge is 0.125 e. The summed E-state index contributed by atoms with van der Waals surface area (Å²) in [5.41, 5.74) is 10.6. The molecule has 172 valence electrons. The number of rotatable bonds is 5. The number of phenolic OH excluding ortho intramolecular Hbond substituents is 1. The maximum atomic E-state index is 15.7. The number of likely N-dealkylation sites (N-methyl/N-ethyl adjacent to an activating group) is 1. The molecule has 2 fully saturated rings. The fourth-order valence-electron chi connectivity index (χ4n) is 5.73. The van der Waals surface area contributed by atoms with Gasteiger partial charge < -0.3 is 15.2 Å². The third-order valence-electron chi connectivity index (χ3n) is 7.54.